The third-order valence-electron chi connectivity index (χ3n) is 12.5. The van der Waals surface area contributed by atoms with Crippen LogP contribution in [0.5, 0.6) is 0 Å². The standard InChI is InChI=1S/C49H86N5O16P/c1-31(2)54(32(3)4)71(67-26-20-22-50)70-41(27-65-44(59)21-16-13-14-18-24-61-47-45(52-37(9)55)35(7)33(5)42(68-47)29-63-39(11)57)28-66-49(60)51-23-17-15-19-25-62-48-46(53-38(10)56)36(8)34(6)43(69-48)30-64-40(12)58/h31-36,41-43,45-48H,13-21,23-30H2,1-12H3,(H,51,60)(H,52,55)(H,53,56)/t33-,34-,35+,36+,41?,42-,43-,45-,46-,47-,48-,71?/m1/s1. The monoisotopic (exact) mass is 1030 g/mol. The molecule has 0 saturated carbocycles. The van der Waals surface area contributed by atoms with Crippen LogP contribution in [-0.4, -0.2) is 148 Å². The molecule has 0 radical (unpaired) electrons. The van der Waals surface area contributed by atoms with Crippen LogP contribution in [0, 0.1) is 35.0 Å². The first-order chi connectivity index (χ1) is 33.7. The molecule has 2 aliphatic rings. The molecule has 2 heterocycles. The van der Waals surface area contributed by atoms with Gasteiger partial charge in [-0.1, -0.05) is 40.5 Å². The number of rotatable bonds is 33. The Labute approximate surface area is 423 Å². The molecule has 0 aliphatic carbocycles. The van der Waals surface area contributed by atoms with Crippen molar-refractivity contribution in [2.75, 3.05) is 52.8 Å². The molecule has 0 aromatic carbocycles. The van der Waals surface area contributed by atoms with Gasteiger partial charge in [-0.05, 0) is 83.5 Å². The number of nitriles is 1. The molecule has 408 valence electrons. The van der Waals surface area contributed by atoms with Gasteiger partial charge in [-0.25, -0.2) is 9.46 Å². The molecule has 12 atom stereocenters. The molecule has 0 aromatic rings. The van der Waals surface area contributed by atoms with Crippen LogP contribution in [0.1, 0.15) is 141 Å². The van der Waals surface area contributed by atoms with E-state index in [4.69, 9.17) is 46.9 Å². The van der Waals surface area contributed by atoms with Crippen molar-refractivity contribution in [2.45, 2.75) is 196 Å². The van der Waals surface area contributed by atoms with Gasteiger partial charge in [0.15, 0.2) is 12.6 Å². The molecule has 2 unspecified atom stereocenters. The fourth-order valence-electron chi connectivity index (χ4n) is 8.25. The van der Waals surface area contributed by atoms with Crippen LogP contribution < -0.4 is 16.0 Å². The number of nitrogens with one attached hydrogen (secondary N) is 3. The Morgan fingerprint density at radius 3 is 1.58 bits per heavy atom. The number of nitrogens with zero attached hydrogens (tertiary/aromatic N) is 2. The largest absolute Gasteiger partial charge is 0.463 e. The Morgan fingerprint density at radius 2 is 1.11 bits per heavy atom. The first-order valence-corrected chi connectivity index (χ1v) is 26.5. The predicted molar refractivity (Wildman–Crippen MR) is 262 cm³/mol. The summed E-state index contributed by atoms with van der Waals surface area (Å²) in [5.41, 5.74) is 0. The predicted octanol–water partition coefficient (Wildman–Crippen LogP) is 6.20. The number of carbonyl (C=O) groups excluding carboxylic acids is 6. The number of unbranched alkanes of at least 4 members (excludes halogenated alkanes) is 5. The van der Waals surface area contributed by atoms with Crippen LogP contribution in [0.25, 0.3) is 0 Å². The van der Waals surface area contributed by atoms with Gasteiger partial charge in [0.2, 0.25) is 11.8 Å². The maximum absolute atomic E-state index is 13.0. The van der Waals surface area contributed by atoms with E-state index in [2.05, 4.69) is 22.0 Å². The Bertz CT molecular complexity index is 1550. The van der Waals surface area contributed by atoms with Crippen molar-refractivity contribution in [1.29, 1.82) is 5.26 Å². The van der Waals surface area contributed by atoms with Crippen LogP contribution in [-0.2, 0) is 70.9 Å². The Balaban J connectivity index is 1.90. The van der Waals surface area contributed by atoms with Gasteiger partial charge in [0.05, 0.1) is 43.4 Å². The highest BCUT2D eigenvalue weighted by atomic mass is 31.2. The zero-order valence-corrected chi connectivity index (χ0v) is 45.3. The topological polar surface area (TPSA) is 258 Å². The Morgan fingerprint density at radius 1 is 0.634 bits per heavy atom. The SMILES string of the molecule is CC(=O)N[C@H]1[C@H](OCCCCCCC(=O)OCC(COC(=O)NCCCCCO[C@@H]2O[C@H](COC(C)=O)[C@H](C)[C@H](C)[C@H]2NC(C)=O)OP(OCCC#N)N(C(C)C)C(C)C)O[C@H](COC(C)=O)[C@H](C)[C@@H]1C. The molecule has 0 aromatic heterocycles. The highest BCUT2D eigenvalue weighted by Gasteiger charge is 2.44. The highest BCUT2D eigenvalue weighted by Crippen LogP contribution is 2.47. The molecular weight excluding hydrogens is 946 g/mol. The summed E-state index contributed by atoms with van der Waals surface area (Å²) in [5, 5.41) is 17.8. The second kappa shape index (κ2) is 34.6. The van der Waals surface area contributed by atoms with Crippen LogP contribution in [0.4, 0.5) is 4.79 Å². The summed E-state index contributed by atoms with van der Waals surface area (Å²) in [4.78, 5) is 72.8. The van der Waals surface area contributed by atoms with E-state index in [0.717, 1.165) is 12.8 Å². The molecule has 2 saturated heterocycles. The molecule has 3 N–H and O–H groups in total. The lowest BCUT2D eigenvalue weighted by atomic mass is 9.82. The second-order valence-electron chi connectivity index (χ2n) is 19.0. The van der Waals surface area contributed by atoms with E-state index in [-0.39, 0.29) is 118 Å². The molecule has 0 bridgehead atoms. The highest BCUT2D eigenvalue weighted by molar-refractivity contribution is 7.44. The van der Waals surface area contributed by atoms with Gasteiger partial charge in [-0.2, -0.15) is 5.26 Å². The molecule has 71 heavy (non-hydrogen) atoms. The summed E-state index contributed by atoms with van der Waals surface area (Å²) < 4.78 is 60.7. The minimum absolute atomic E-state index is 0.00164. The van der Waals surface area contributed by atoms with E-state index in [1.165, 1.54) is 27.7 Å². The minimum Gasteiger partial charge on any atom is -0.463 e. The van der Waals surface area contributed by atoms with Gasteiger partial charge < -0.3 is 62.9 Å². The van der Waals surface area contributed by atoms with Gasteiger partial charge >= 0.3 is 24.0 Å². The third kappa shape index (κ3) is 24.7. The summed E-state index contributed by atoms with van der Waals surface area (Å²) in [5.74, 6) is -1.64. The van der Waals surface area contributed by atoms with Gasteiger partial charge in [0.1, 0.15) is 32.5 Å². The molecule has 21 nitrogen and oxygen atoms in total. The summed E-state index contributed by atoms with van der Waals surface area (Å²) in [6.07, 6.45) is 1.23. The van der Waals surface area contributed by atoms with Gasteiger partial charge in [-0.15, -0.1) is 0 Å². The van der Waals surface area contributed by atoms with Crippen LogP contribution in [0.15, 0.2) is 0 Å². The zero-order chi connectivity index (χ0) is 53.0. The summed E-state index contributed by atoms with van der Waals surface area (Å²) in [6, 6.07) is 1.33. The van der Waals surface area contributed by atoms with E-state index in [1.54, 1.807) is 0 Å². The lowest BCUT2D eigenvalue weighted by Gasteiger charge is -2.44. The van der Waals surface area contributed by atoms with Crippen molar-refractivity contribution in [3.63, 3.8) is 0 Å². The summed E-state index contributed by atoms with van der Waals surface area (Å²) >= 11 is 0. The molecule has 0 spiro atoms. The number of hydrogen-bond donors (Lipinski definition) is 3. The first-order valence-electron chi connectivity index (χ1n) is 25.3. The average Bonchev–Trinajstić information content (AvgIpc) is 3.29. The lowest BCUT2D eigenvalue weighted by Crippen LogP contribution is -2.58. The van der Waals surface area contributed by atoms with Crippen molar-refractivity contribution in [2.24, 2.45) is 23.7 Å². The van der Waals surface area contributed by atoms with Crippen molar-refractivity contribution in [3.05, 3.63) is 0 Å². The van der Waals surface area contributed by atoms with E-state index in [9.17, 15) is 34.0 Å². The Kier molecular flexibility index (Phi) is 30.9. The molecule has 22 heteroatoms. The van der Waals surface area contributed by atoms with E-state index in [0.29, 0.717) is 51.9 Å². The van der Waals surface area contributed by atoms with Crippen LogP contribution in [0.2, 0.25) is 0 Å². The van der Waals surface area contributed by atoms with E-state index in [1.807, 2.05) is 60.1 Å². The smallest absolute Gasteiger partial charge is 0.407 e. The summed E-state index contributed by atoms with van der Waals surface area (Å²) in [6.45, 7) is 22.4. The maximum Gasteiger partial charge on any atom is 0.407 e. The zero-order valence-electron chi connectivity index (χ0n) is 44.4. The second-order valence-corrected chi connectivity index (χ2v) is 20.4. The summed E-state index contributed by atoms with van der Waals surface area (Å²) in [7, 11) is -1.75. The fourth-order valence-corrected chi connectivity index (χ4v) is 9.93. The number of alkyl carbamates (subject to hydrolysis) is 1. The first kappa shape index (κ1) is 63.4. The normalized spacial score (nSPS) is 25.2. The van der Waals surface area contributed by atoms with E-state index >= 15 is 0 Å². The van der Waals surface area contributed by atoms with Crippen LogP contribution in [0.3, 0.4) is 0 Å². The number of carbonyl (C=O) groups is 6. The minimum atomic E-state index is -1.75. The maximum atomic E-state index is 13.0. The third-order valence-corrected chi connectivity index (χ3v) is 14.7. The molecule has 2 rings (SSSR count). The number of esters is 3. The molecule has 2 aliphatic heterocycles. The number of hydrogen-bond acceptors (Lipinski definition) is 18. The number of amides is 3. The van der Waals surface area contributed by atoms with Crippen molar-refractivity contribution < 1.29 is 75.7 Å². The van der Waals surface area contributed by atoms with Crippen LogP contribution >= 0.6 is 8.53 Å². The number of ether oxygens (including phenoxy) is 8. The molecule has 3 amide bonds. The quantitative estimate of drug-likeness (QED) is 0.0286. The van der Waals surface area contributed by atoms with Gasteiger partial charge in [0, 0.05) is 66.0 Å². The van der Waals surface area contributed by atoms with E-state index < -0.39 is 51.2 Å². The lowest BCUT2D eigenvalue weighted by molar-refractivity contribution is -0.244. The van der Waals surface area contributed by atoms with Gasteiger partial charge in [-0.3, -0.25) is 24.0 Å². The average molecular weight is 1030 g/mol. The fraction of sp³-hybridized carbons (Fsp3) is 0.857. The Hall–Kier alpha value is -3.74. The molecular formula is C49H86N5O16P. The van der Waals surface area contributed by atoms with Crippen molar-refractivity contribution in [1.82, 2.24) is 20.6 Å². The van der Waals surface area contributed by atoms with Crippen molar-refractivity contribution >= 4 is 44.3 Å². The molecule has 2 fully saturated rings. The van der Waals surface area contributed by atoms with Gasteiger partial charge in [0.25, 0.3) is 8.53 Å². The van der Waals surface area contributed by atoms with Crippen molar-refractivity contribution in [3.8, 4) is 6.07 Å².